The number of carbonyl (C=O) groups excluding carboxylic acids is 2. The third-order valence-electron chi connectivity index (χ3n) is 5.68. The van der Waals surface area contributed by atoms with Crippen molar-refractivity contribution < 1.29 is 22.7 Å². The summed E-state index contributed by atoms with van der Waals surface area (Å²) in [4.78, 5) is 32.3. The van der Waals surface area contributed by atoms with Crippen LogP contribution in [0.5, 0.6) is 5.75 Å². The molecule has 3 aromatic rings. The van der Waals surface area contributed by atoms with Crippen LogP contribution in [0.25, 0.3) is 11.3 Å². The molecule has 0 fully saturated rings. The molecule has 12 heteroatoms. The Morgan fingerprint density at radius 2 is 1.72 bits per heavy atom. The molecule has 210 valence electrons. The predicted molar refractivity (Wildman–Crippen MR) is 156 cm³/mol. The Kier molecular flexibility index (Phi) is 10.3. The highest BCUT2D eigenvalue weighted by atomic mass is 32.2. The van der Waals surface area contributed by atoms with Gasteiger partial charge in [-0.25, -0.2) is 13.4 Å². The molecule has 3 rings (SSSR count). The Labute approximate surface area is 233 Å². The molecular formula is C27H35N5O5S2. The molecular weight excluding hydrogens is 538 g/mol. The molecule has 2 aromatic carbocycles. The maximum Gasteiger partial charge on any atom is 0.251 e. The van der Waals surface area contributed by atoms with Crippen LogP contribution >= 0.6 is 11.3 Å². The van der Waals surface area contributed by atoms with Gasteiger partial charge in [-0.1, -0.05) is 26.0 Å². The van der Waals surface area contributed by atoms with Gasteiger partial charge in [-0.15, -0.1) is 11.3 Å². The van der Waals surface area contributed by atoms with Gasteiger partial charge in [0.25, 0.3) is 5.91 Å². The van der Waals surface area contributed by atoms with Crippen LogP contribution < -0.4 is 25.0 Å². The number of nitrogens with zero attached hydrogens (tertiary/aromatic N) is 2. The second-order valence-electron chi connectivity index (χ2n) is 9.58. The third-order valence-corrected chi connectivity index (χ3v) is 7.98. The van der Waals surface area contributed by atoms with Crippen LogP contribution in [0.4, 0.5) is 10.8 Å². The fraction of sp³-hybridized carbons (Fsp3) is 0.370. The van der Waals surface area contributed by atoms with Crippen molar-refractivity contribution in [3.8, 4) is 17.0 Å². The van der Waals surface area contributed by atoms with E-state index in [1.165, 1.54) is 18.4 Å². The van der Waals surface area contributed by atoms with Gasteiger partial charge >= 0.3 is 0 Å². The van der Waals surface area contributed by atoms with Crippen molar-refractivity contribution in [3.05, 3.63) is 59.5 Å². The van der Waals surface area contributed by atoms with Crippen molar-refractivity contribution in [1.29, 1.82) is 0 Å². The maximum atomic E-state index is 12.9. The number of nitrogens with one attached hydrogen (secondary N) is 3. The maximum absolute atomic E-state index is 12.9. The van der Waals surface area contributed by atoms with E-state index in [2.05, 4.69) is 20.3 Å². The van der Waals surface area contributed by atoms with Crippen molar-refractivity contribution in [2.75, 3.05) is 43.1 Å². The van der Waals surface area contributed by atoms with E-state index >= 15 is 0 Å². The number of hydrogen-bond acceptors (Lipinski definition) is 8. The minimum Gasteiger partial charge on any atom is -0.497 e. The van der Waals surface area contributed by atoms with Crippen LogP contribution in [0.15, 0.2) is 53.9 Å². The zero-order valence-corrected chi connectivity index (χ0v) is 24.4. The van der Waals surface area contributed by atoms with Gasteiger partial charge in [0.05, 0.1) is 18.6 Å². The predicted octanol–water partition coefficient (Wildman–Crippen LogP) is 3.59. The van der Waals surface area contributed by atoms with Crippen molar-refractivity contribution in [1.82, 2.24) is 15.6 Å². The fourth-order valence-corrected chi connectivity index (χ4v) is 5.40. The lowest BCUT2D eigenvalue weighted by Gasteiger charge is -2.20. The minimum atomic E-state index is -3.69. The Morgan fingerprint density at radius 1 is 1.05 bits per heavy atom. The van der Waals surface area contributed by atoms with E-state index in [1.807, 2.05) is 50.4 Å². The first-order valence-corrected chi connectivity index (χ1v) is 15.0. The van der Waals surface area contributed by atoms with Gasteiger partial charge in [-0.3, -0.25) is 14.3 Å². The summed E-state index contributed by atoms with van der Waals surface area (Å²) in [5.74, 6) is -0.409. The quantitative estimate of drug-likeness (QED) is 0.285. The number of carbonyl (C=O) groups is 2. The molecule has 0 saturated heterocycles. The Bertz CT molecular complexity index is 1350. The molecule has 1 aromatic heterocycles. The van der Waals surface area contributed by atoms with Gasteiger partial charge in [0.1, 0.15) is 11.8 Å². The van der Waals surface area contributed by atoms with Crippen LogP contribution in [-0.2, 0) is 14.8 Å². The summed E-state index contributed by atoms with van der Waals surface area (Å²) in [6, 6.07) is 12.7. The summed E-state index contributed by atoms with van der Waals surface area (Å²) in [6.07, 6.45) is 0.401. The SMILES string of the molecule is COc1ccc(NS(=O)(=O)CCNC(=O)[C@H](CC(C)C)NC(=O)c2ccc(-c3csc(N(C)C)n3)cc2)cc1. The Hall–Kier alpha value is -3.64. The van der Waals surface area contributed by atoms with Crippen LogP contribution in [0.3, 0.4) is 0 Å². The topological polar surface area (TPSA) is 130 Å². The molecule has 10 nitrogen and oxygen atoms in total. The Balaban J connectivity index is 1.57. The average Bonchev–Trinajstić information content (AvgIpc) is 3.39. The number of rotatable bonds is 13. The molecule has 1 atom stereocenters. The Morgan fingerprint density at radius 3 is 2.28 bits per heavy atom. The lowest BCUT2D eigenvalue weighted by atomic mass is 10.0. The van der Waals surface area contributed by atoms with Crippen molar-refractivity contribution >= 4 is 44.0 Å². The standard InChI is InChI=1S/C27H35N5O5S2/c1-18(2)16-23(26(34)28-14-15-39(35,36)31-21-10-12-22(37-5)13-11-21)29-25(33)20-8-6-19(7-9-20)24-17-38-27(30-24)32(3)4/h6-13,17-18,23,31H,14-16H2,1-5H3,(H,28,34)(H,29,33)/t23-/m0/s1. The van der Waals surface area contributed by atoms with Gasteiger partial charge < -0.3 is 20.3 Å². The first-order valence-electron chi connectivity index (χ1n) is 12.4. The summed E-state index contributed by atoms with van der Waals surface area (Å²) in [5.41, 5.74) is 2.52. The molecule has 2 amide bonds. The van der Waals surface area contributed by atoms with Gasteiger partial charge in [0.15, 0.2) is 5.13 Å². The van der Waals surface area contributed by atoms with E-state index in [9.17, 15) is 18.0 Å². The van der Waals surface area contributed by atoms with Crippen LogP contribution in [0.2, 0.25) is 0 Å². The number of methoxy groups -OCH3 is 1. The van der Waals surface area contributed by atoms with Crippen molar-refractivity contribution in [3.63, 3.8) is 0 Å². The van der Waals surface area contributed by atoms with E-state index in [0.29, 0.717) is 23.4 Å². The van der Waals surface area contributed by atoms with E-state index in [0.717, 1.165) is 16.4 Å². The van der Waals surface area contributed by atoms with Crippen LogP contribution in [-0.4, -0.2) is 64.8 Å². The molecule has 1 heterocycles. The summed E-state index contributed by atoms with van der Waals surface area (Å²) in [5, 5.41) is 8.28. The van der Waals surface area contributed by atoms with E-state index < -0.39 is 22.0 Å². The molecule has 0 radical (unpaired) electrons. The molecule has 39 heavy (non-hydrogen) atoms. The van der Waals surface area contributed by atoms with E-state index in [4.69, 9.17) is 4.74 Å². The third kappa shape index (κ3) is 8.96. The lowest BCUT2D eigenvalue weighted by Crippen LogP contribution is -2.48. The average molecular weight is 574 g/mol. The summed E-state index contributed by atoms with van der Waals surface area (Å²) < 4.78 is 32.4. The smallest absolute Gasteiger partial charge is 0.251 e. The number of benzene rings is 2. The highest BCUT2D eigenvalue weighted by molar-refractivity contribution is 7.92. The second kappa shape index (κ2) is 13.4. The zero-order chi connectivity index (χ0) is 28.6. The summed E-state index contributed by atoms with van der Waals surface area (Å²) in [7, 11) is 1.69. The van der Waals surface area contributed by atoms with Gasteiger partial charge in [-0.2, -0.15) is 0 Å². The fourth-order valence-electron chi connectivity index (χ4n) is 3.66. The normalized spacial score (nSPS) is 12.1. The van der Waals surface area contributed by atoms with Gasteiger partial charge in [0, 0.05) is 42.8 Å². The number of aromatic nitrogens is 1. The van der Waals surface area contributed by atoms with Gasteiger partial charge in [-0.05, 0) is 48.7 Å². The highest BCUT2D eigenvalue weighted by Gasteiger charge is 2.23. The second-order valence-corrected chi connectivity index (χ2v) is 12.3. The zero-order valence-electron chi connectivity index (χ0n) is 22.7. The highest BCUT2D eigenvalue weighted by Crippen LogP contribution is 2.26. The molecule has 0 saturated carbocycles. The largest absolute Gasteiger partial charge is 0.497 e. The van der Waals surface area contributed by atoms with Gasteiger partial charge in [0.2, 0.25) is 15.9 Å². The number of amides is 2. The molecule has 0 aliphatic rings. The molecule has 0 unspecified atom stereocenters. The molecule has 0 aliphatic heterocycles. The first-order chi connectivity index (χ1) is 18.5. The first kappa shape index (κ1) is 29.9. The monoisotopic (exact) mass is 573 g/mol. The van der Waals surface area contributed by atoms with Crippen LogP contribution in [0, 0.1) is 5.92 Å². The molecule has 0 spiro atoms. The van der Waals surface area contributed by atoms with E-state index in [-0.39, 0.29) is 24.1 Å². The van der Waals surface area contributed by atoms with E-state index in [1.54, 1.807) is 36.4 Å². The molecule has 3 N–H and O–H groups in total. The minimum absolute atomic E-state index is 0.105. The number of hydrogen-bond donors (Lipinski definition) is 3. The summed E-state index contributed by atoms with van der Waals surface area (Å²) in [6.45, 7) is 3.78. The number of sulfonamides is 1. The lowest BCUT2D eigenvalue weighted by molar-refractivity contribution is -0.123. The number of anilines is 2. The molecule has 0 aliphatic carbocycles. The van der Waals surface area contributed by atoms with Crippen LogP contribution in [0.1, 0.15) is 30.6 Å². The summed E-state index contributed by atoms with van der Waals surface area (Å²) >= 11 is 1.53. The van der Waals surface area contributed by atoms with Crippen molar-refractivity contribution in [2.45, 2.75) is 26.3 Å². The number of thiazole rings is 1. The number of ether oxygens (including phenoxy) is 1. The molecule has 0 bridgehead atoms. The van der Waals surface area contributed by atoms with Crippen molar-refractivity contribution in [2.24, 2.45) is 5.92 Å².